The number of rotatable bonds is 6. The normalized spacial score (nSPS) is 18.6. The highest BCUT2D eigenvalue weighted by Gasteiger charge is 2.39. The zero-order valence-corrected chi connectivity index (χ0v) is 16.9. The number of nitrogens with zero attached hydrogens (tertiary/aromatic N) is 7. The van der Waals surface area contributed by atoms with Gasteiger partial charge in [-0.25, -0.2) is 0 Å². The molecule has 3 aromatic rings. The van der Waals surface area contributed by atoms with Crippen molar-refractivity contribution in [1.82, 2.24) is 34.4 Å². The molecule has 1 amide bonds. The van der Waals surface area contributed by atoms with Crippen molar-refractivity contribution in [3.63, 3.8) is 0 Å². The van der Waals surface area contributed by atoms with Crippen molar-refractivity contribution >= 4 is 23.6 Å². The van der Waals surface area contributed by atoms with Crippen LogP contribution in [0.4, 0.5) is 11.9 Å². The molecule has 5 rings (SSSR count). The van der Waals surface area contributed by atoms with E-state index in [1.54, 1.807) is 18.4 Å². The Labute approximate surface area is 173 Å². The lowest BCUT2D eigenvalue weighted by Crippen LogP contribution is -2.53. The number of carbonyl (C=O) groups is 1. The third kappa shape index (κ3) is 3.56. The van der Waals surface area contributed by atoms with E-state index in [4.69, 9.17) is 10.2 Å². The molecule has 0 spiro atoms. The Bertz CT molecular complexity index is 1040. The van der Waals surface area contributed by atoms with Crippen LogP contribution in [0.2, 0.25) is 0 Å². The van der Waals surface area contributed by atoms with Crippen molar-refractivity contribution < 1.29 is 9.21 Å². The van der Waals surface area contributed by atoms with Gasteiger partial charge in [-0.05, 0) is 37.4 Å². The second-order valence-electron chi connectivity index (χ2n) is 7.75. The van der Waals surface area contributed by atoms with E-state index in [0.29, 0.717) is 23.3 Å². The molecule has 1 atom stereocenters. The quantitative estimate of drug-likeness (QED) is 0.602. The summed E-state index contributed by atoms with van der Waals surface area (Å²) in [7, 11) is 0. The Morgan fingerprint density at radius 3 is 2.73 bits per heavy atom. The smallest absolute Gasteiger partial charge is 0.259 e. The first-order valence-electron chi connectivity index (χ1n) is 10.3. The van der Waals surface area contributed by atoms with Crippen LogP contribution in [0.3, 0.4) is 0 Å². The minimum absolute atomic E-state index is 0.105. The molecule has 4 heterocycles. The number of nitrogens with two attached hydrogens (primary N) is 1. The van der Waals surface area contributed by atoms with Crippen LogP contribution in [0.25, 0.3) is 17.4 Å². The molecule has 1 aliphatic carbocycles. The van der Waals surface area contributed by atoms with E-state index in [9.17, 15) is 4.79 Å². The molecule has 158 valence electrons. The molecule has 2 fully saturated rings. The Morgan fingerprint density at radius 2 is 2.07 bits per heavy atom. The molecule has 1 aliphatic heterocycles. The molecule has 30 heavy (non-hydrogen) atoms. The molecular formula is C19H25N9O2. The van der Waals surface area contributed by atoms with Gasteiger partial charge >= 0.3 is 0 Å². The van der Waals surface area contributed by atoms with E-state index in [-0.39, 0.29) is 23.8 Å². The molecule has 0 radical (unpaired) electrons. The summed E-state index contributed by atoms with van der Waals surface area (Å²) in [6.07, 6.45) is 3.59. The summed E-state index contributed by atoms with van der Waals surface area (Å²) >= 11 is 0. The average molecular weight is 411 g/mol. The summed E-state index contributed by atoms with van der Waals surface area (Å²) in [6.45, 7) is 6.46. The van der Waals surface area contributed by atoms with Crippen molar-refractivity contribution in [1.29, 1.82) is 0 Å². The van der Waals surface area contributed by atoms with Gasteiger partial charge in [-0.1, -0.05) is 6.92 Å². The minimum Gasteiger partial charge on any atom is -0.461 e. The summed E-state index contributed by atoms with van der Waals surface area (Å²) in [5.74, 6) is 2.03. The van der Waals surface area contributed by atoms with Crippen molar-refractivity contribution in [2.24, 2.45) is 5.92 Å². The predicted octanol–water partition coefficient (Wildman–Crippen LogP) is 0.716. The topological polar surface area (TPSA) is 131 Å². The number of furan rings is 1. The molecule has 11 nitrogen and oxygen atoms in total. The van der Waals surface area contributed by atoms with Crippen molar-refractivity contribution in [3.05, 3.63) is 18.4 Å². The van der Waals surface area contributed by atoms with Crippen LogP contribution in [0.15, 0.2) is 22.8 Å². The number of anilines is 2. The maximum absolute atomic E-state index is 13.2. The lowest BCUT2D eigenvalue weighted by Gasteiger charge is -2.36. The fourth-order valence-electron chi connectivity index (χ4n) is 3.81. The van der Waals surface area contributed by atoms with Gasteiger partial charge in [0.15, 0.2) is 5.76 Å². The van der Waals surface area contributed by atoms with Gasteiger partial charge in [-0.15, -0.1) is 5.10 Å². The van der Waals surface area contributed by atoms with Gasteiger partial charge in [0.2, 0.25) is 23.6 Å². The first-order valence-corrected chi connectivity index (χ1v) is 10.3. The van der Waals surface area contributed by atoms with Crippen LogP contribution in [-0.2, 0) is 4.79 Å². The number of likely N-dealkylation sites (N-methyl/N-ethyl adjacent to an activating group) is 1. The van der Waals surface area contributed by atoms with Crippen LogP contribution in [0.5, 0.6) is 0 Å². The fraction of sp³-hybridized carbons (Fsp3) is 0.526. The van der Waals surface area contributed by atoms with E-state index in [1.165, 1.54) is 4.52 Å². The number of hydrogen-bond donors (Lipinski definition) is 2. The molecule has 1 saturated carbocycles. The van der Waals surface area contributed by atoms with Gasteiger partial charge in [-0.2, -0.15) is 19.5 Å². The van der Waals surface area contributed by atoms with Crippen LogP contribution in [0.1, 0.15) is 19.8 Å². The molecular weight excluding hydrogens is 386 g/mol. The number of piperazine rings is 1. The monoisotopic (exact) mass is 411 g/mol. The summed E-state index contributed by atoms with van der Waals surface area (Å²) in [6, 6.07) is 3.17. The maximum atomic E-state index is 13.2. The maximum Gasteiger partial charge on any atom is 0.259 e. The van der Waals surface area contributed by atoms with Gasteiger partial charge in [0, 0.05) is 26.2 Å². The third-order valence-corrected chi connectivity index (χ3v) is 5.75. The van der Waals surface area contributed by atoms with Crippen LogP contribution < -0.4 is 11.1 Å². The first-order chi connectivity index (χ1) is 14.6. The highest BCUT2D eigenvalue weighted by Crippen LogP contribution is 2.35. The predicted molar refractivity (Wildman–Crippen MR) is 110 cm³/mol. The zero-order chi connectivity index (χ0) is 20.7. The Hall–Kier alpha value is -3.21. The average Bonchev–Trinajstić information content (AvgIpc) is 3.26. The summed E-state index contributed by atoms with van der Waals surface area (Å²) in [5.41, 5.74) is 6.08. The summed E-state index contributed by atoms with van der Waals surface area (Å²) in [4.78, 5) is 30.6. The van der Waals surface area contributed by atoms with E-state index in [0.717, 1.165) is 45.6 Å². The van der Waals surface area contributed by atoms with Gasteiger partial charge in [-0.3, -0.25) is 4.79 Å². The van der Waals surface area contributed by atoms with Gasteiger partial charge in [0.1, 0.15) is 6.04 Å². The molecule has 3 aromatic heterocycles. The SMILES string of the molecule is CCN1CCN(C(=O)[C@@H](Nc2nc(N)n3nc(-c4ccco4)nc3n2)C2CC2)CC1. The number of amides is 1. The first kappa shape index (κ1) is 18.8. The number of aromatic nitrogens is 5. The Balaban J connectivity index is 1.37. The highest BCUT2D eigenvalue weighted by molar-refractivity contribution is 5.85. The molecule has 3 N–H and O–H groups in total. The molecule has 1 saturated heterocycles. The lowest BCUT2D eigenvalue weighted by atomic mass is 10.1. The Morgan fingerprint density at radius 1 is 1.27 bits per heavy atom. The van der Waals surface area contributed by atoms with Crippen molar-refractivity contribution in [3.8, 4) is 11.6 Å². The number of nitrogens with one attached hydrogen (secondary N) is 1. The fourth-order valence-corrected chi connectivity index (χ4v) is 3.81. The molecule has 0 unspecified atom stereocenters. The van der Waals surface area contributed by atoms with Gasteiger partial charge in [0.05, 0.1) is 6.26 Å². The van der Waals surface area contributed by atoms with Crippen LogP contribution in [-0.4, -0.2) is 79.0 Å². The minimum atomic E-state index is -0.354. The zero-order valence-electron chi connectivity index (χ0n) is 16.9. The van der Waals surface area contributed by atoms with Gasteiger partial charge in [0.25, 0.3) is 5.78 Å². The van der Waals surface area contributed by atoms with Crippen LogP contribution >= 0.6 is 0 Å². The Kier molecular flexibility index (Phi) is 4.74. The number of nitrogen functional groups attached to an aromatic ring is 1. The van der Waals surface area contributed by atoms with Crippen LogP contribution in [0, 0.1) is 5.92 Å². The molecule has 0 bridgehead atoms. The number of fused-ring (bicyclic) bond motifs is 1. The molecule has 11 heteroatoms. The van der Waals surface area contributed by atoms with Crippen molar-refractivity contribution in [2.75, 3.05) is 43.8 Å². The summed E-state index contributed by atoms with van der Waals surface area (Å²) in [5, 5.41) is 7.53. The standard InChI is InChI=1S/C19H25N9O2/c1-2-26-7-9-27(10-8-26)16(29)14(12-5-6-12)21-18-23-17(20)28-19(24-18)22-15(25-28)13-4-3-11-30-13/h3-4,11-12,14H,2,5-10H2,1H3,(H3,20,21,22,23,24,25)/t14-/m0/s1. The van der Waals surface area contributed by atoms with E-state index >= 15 is 0 Å². The van der Waals surface area contributed by atoms with E-state index in [2.05, 4.69) is 37.2 Å². The number of carbonyl (C=O) groups excluding carboxylic acids is 1. The highest BCUT2D eigenvalue weighted by atomic mass is 16.3. The summed E-state index contributed by atoms with van der Waals surface area (Å²) < 4.78 is 6.70. The lowest BCUT2D eigenvalue weighted by molar-refractivity contribution is -0.134. The second-order valence-corrected chi connectivity index (χ2v) is 7.75. The number of hydrogen-bond acceptors (Lipinski definition) is 9. The van der Waals surface area contributed by atoms with Gasteiger partial charge < -0.3 is 25.3 Å². The van der Waals surface area contributed by atoms with E-state index in [1.807, 2.05) is 4.90 Å². The van der Waals surface area contributed by atoms with Crippen molar-refractivity contribution in [2.45, 2.75) is 25.8 Å². The second kappa shape index (κ2) is 7.56. The molecule has 2 aliphatic rings. The third-order valence-electron chi connectivity index (χ3n) is 5.75. The van der Waals surface area contributed by atoms with E-state index < -0.39 is 0 Å². The largest absolute Gasteiger partial charge is 0.461 e. The molecule has 0 aromatic carbocycles.